The maximum atomic E-state index is 9.18. The summed E-state index contributed by atoms with van der Waals surface area (Å²) >= 11 is 0. The van der Waals surface area contributed by atoms with Gasteiger partial charge in [-0.2, -0.15) is 0 Å². The van der Waals surface area contributed by atoms with E-state index in [-0.39, 0.29) is 6.61 Å². The van der Waals surface area contributed by atoms with Crippen LogP contribution in [0.2, 0.25) is 0 Å². The summed E-state index contributed by atoms with van der Waals surface area (Å²) in [5.41, 5.74) is 2.74. The first-order chi connectivity index (χ1) is 8.86. The van der Waals surface area contributed by atoms with E-state index < -0.39 is 0 Å². The molecule has 2 heterocycles. The lowest BCUT2D eigenvalue weighted by molar-refractivity contribution is 0.271. The number of aliphatic hydroxyl groups excluding tert-OH is 1. The van der Waals surface area contributed by atoms with E-state index in [0.717, 1.165) is 22.3 Å². The molecule has 0 aliphatic rings. The number of rotatable bonds is 3. The van der Waals surface area contributed by atoms with Crippen LogP contribution in [0.5, 0.6) is 0 Å². The van der Waals surface area contributed by atoms with Gasteiger partial charge in [-0.05, 0) is 12.1 Å². The van der Waals surface area contributed by atoms with Gasteiger partial charge in [0.2, 0.25) is 0 Å². The second-order valence-corrected chi connectivity index (χ2v) is 4.17. The highest BCUT2D eigenvalue weighted by atomic mass is 16.3. The smallest absolute Gasteiger partial charge is 0.0952 e. The van der Waals surface area contributed by atoms with Gasteiger partial charge in [0.25, 0.3) is 0 Å². The summed E-state index contributed by atoms with van der Waals surface area (Å²) in [5, 5.41) is 10.3. The third kappa shape index (κ3) is 1.98. The average Bonchev–Trinajstić information content (AvgIpc) is 2.86. The maximum absolute atomic E-state index is 9.18. The zero-order valence-corrected chi connectivity index (χ0v) is 9.82. The van der Waals surface area contributed by atoms with Crippen molar-refractivity contribution in [3.8, 4) is 0 Å². The largest absolute Gasteiger partial charge is 0.390 e. The molecule has 3 aromatic rings. The lowest BCUT2D eigenvalue weighted by Crippen LogP contribution is -2.04. The third-order valence-electron chi connectivity index (χ3n) is 2.95. The minimum atomic E-state index is -0.00637. The van der Waals surface area contributed by atoms with Gasteiger partial charge in [-0.1, -0.05) is 24.3 Å². The molecule has 18 heavy (non-hydrogen) atoms. The first-order valence-corrected chi connectivity index (χ1v) is 5.81. The second kappa shape index (κ2) is 4.58. The normalized spacial score (nSPS) is 10.9. The van der Waals surface area contributed by atoms with E-state index in [2.05, 4.69) is 16.0 Å². The molecule has 90 valence electrons. The first kappa shape index (κ1) is 10.9. The van der Waals surface area contributed by atoms with Crippen LogP contribution in [0.3, 0.4) is 0 Å². The fourth-order valence-electron chi connectivity index (χ4n) is 1.99. The van der Waals surface area contributed by atoms with E-state index in [4.69, 9.17) is 0 Å². The molecular weight excluding hydrogens is 226 g/mol. The SMILES string of the molecule is OCc1cncn1Cc1ccc2ccccc2n1. The zero-order chi connectivity index (χ0) is 12.4. The number of benzene rings is 1. The minimum Gasteiger partial charge on any atom is -0.390 e. The monoisotopic (exact) mass is 239 g/mol. The van der Waals surface area contributed by atoms with Gasteiger partial charge in [0.1, 0.15) is 0 Å². The highest BCUT2D eigenvalue weighted by molar-refractivity contribution is 5.78. The van der Waals surface area contributed by atoms with Gasteiger partial charge in [0.05, 0.1) is 42.6 Å². The Morgan fingerprint density at radius 2 is 2.00 bits per heavy atom. The molecule has 1 N–H and O–H groups in total. The molecule has 0 saturated heterocycles. The summed E-state index contributed by atoms with van der Waals surface area (Å²) in [6, 6.07) is 12.1. The van der Waals surface area contributed by atoms with Crippen molar-refractivity contribution < 1.29 is 5.11 Å². The molecule has 0 amide bonds. The Kier molecular flexibility index (Phi) is 2.78. The predicted molar refractivity (Wildman–Crippen MR) is 69.0 cm³/mol. The highest BCUT2D eigenvalue weighted by Crippen LogP contribution is 2.13. The van der Waals surface area contributed by atoms with E-state index in [1.807, 2.05) is 34.9 Å². The Bertz CT molecular complexity index is 675. The van der Waals surface area contributed by atoms with Gasteiger partial charge in [0.15, 0.2) is 0 Å². The summed E-state index contributed by atoms with van der Waals surface area (Å²) in [7, 11) is 0. The van der Waals surface area contributed by atoms with Crippen LogP contribution in [0, 0.1) is 0 Å². The number of aliphatic hydroxyl groups is 1. The lowest BCUT2D eigenvalue weighted by atomic mass is 10.2. The van der Waals surface area contributed by atoms with Crippen molar-refractivity contribution in [1.82, 2.24) is 14.5 Å². The van der Waals surface area contributed by atoms with Gasteiger partial charge in [-0.15, -0.1) is 0 Å². The van der Waals surface area contributed by atoms with Gasteiger partial charge in [-0.25, -0.2) is 4.98 Å². The highest BCUT2D eigenvalue weighted by Gasteiger charge is 2.03. The summed E-state index contributed by atoms with van der Waals surface area (Å²) < 4.78 is 1.90. The topological polar surface area (TPSA) is 50.9 Å². The molecule has 0 aliphatic heterocycles. The average molecular weight is 239 g/mol. The zero-order valence-electron chi connectivity index (χ0n) is 9.82. The summed E-state index contributed by atoms with van der Waals surface area (Å²) in [5.74, 6) is 0. The van der Waals surface area contributed by atoms with Crippen molar-refractivity contribution in [2.75, 3.05) is 0 Å². The summed E-state index contributed by atoms with van der Waals surface area (Å²) in [6.07, 6.45) is 3.38. The number of para-hydroxylation sites is 1. The maximum Gasteiger partial charge on any atom is 0.0952 e. The Morgan fingerprint density at radius 1 is 1.11 bits per heavy atom. The van der Waals surface area contributed by atoms with Crippen molar-refractivity contribution in [2.24, 2.45) is 0 Å². The van der Waals surface area contributed by atoms with E-state index in [1.54, 1.807) is 12.5 Å². The molecule has 0 atom stereocenters. The molecule has 4 nitrogen and oxygen atoms in total. The molecule has 0 saturated carbocycles. The van der Waals surface area contributed by atoms with Crippen molar-refractivity contribution >= 4 is 10.9 Å². The Morgan fingerprint density at radius 3 is 2.89 bits per heavy atom. The Hall–Kier alpha value is -2.20. The fourth-order valence-corrected chi connectivity index (χ4v) is 1.99. The molecule has 0 radical (unpaired) electrons. The number of aromatic nitrogens is 3. The molecule has 2 aromatic heterocycles. The third-order valence-corrected chi connectivity index (χ3v) is 2.95. The Labute approximate surface area is 105 Å². The second-order valence-electron chi connectivity index (χ2n) is 4.17. The van der Waals surface area contributed by atoms with E-state index >= 15 is 0 Å². The van der Waals surface area contributed by atoms with Crippen LogP contribution >= 0.6 is 0 Å². The van der Waals surface area contributed by atoms with Crippen molar-refractivity contribution in [3.63, 3.8) is 0 Å². The minimum absolute atomic E-state index is 0.00637. The number of imidazole rings is 1. The predicted octanol–water partition coefficient (Wildman–Crippen LogP) is 1.97. The summed E-state index contributed by atoms with van der Waals surface area (Å²) in [6.45, 7) is 0.619. The summed E-state index contributed by atoms with van der Waals surface area (Å²) in [4.78, 5) is 8.62. The lowest BCUT2D eigenvalue weighted by Gasteiger charge is -2.06. The Balaban J connectivity index is 1.95. The molecule has 0 spiro atoms. The van der Waals surface area contributed by atoms with Crippen LogP contribution in [-0.2, 0) is 13.2 Å². The molecule has 1 aromatic carbocycles. The van der Waals surface area contributed by atoms with Gasteiger partial charge >= 0.3 is 0 Å². The van der Waals surface area contributed by atoms with E-state index in [0.29, 0.717) is 6.54 Å². The molecule has 0 unspecified atom stereocenters. The molecule has 0 aliphatic carbocycles. The van der Waals surface area contributed by atoms with E-state index in [1.165, 1.54) is 0 Å². The number of pyridine rings is 1. The molecule has 4 heteroatoms. The van der Waals surface area contributed by atoms with Crippen LogP contribution in [0.15, 0.2) is 48.9 Å². The van der Waals surface area contributed by atoms with Crippen LogP contribution in [0.4, 0.5) is 0 Å². The van der Waals surface area contributed by atoms with Gasteiger partial charge in [-0.3, -0.25) is 4.98 Å². The standard InChI is InChI=1S/C14H13N3O/c18-9-13-7-15-10-17(13)8-12-6-5-11-3-1-2-4-14(11)16-12/h1-7,10,18H,8-9H2. The van der Waals surface area contributed by atoms with Crippen molar-refractivity contribution in [1.29, 1.82) is 0 Å². The molecule has 3 rings (SSSR count). The van der Waals surface area contributed by atoms with Crippen molar-refractivity contribution in [2.45, 2.75) is 13.2 Å². The first-order valence-electron chi connectivity index (χ1n) is 5.81. The van der Waals surface area contributed by atoms with Crippen molar-refractivity contribution in [3.05, 3.63) is 60.3 Å². The fraction of sp³-hybridized carbons (Fsp3) is 0.143. The molecule has 0 fully saturated rings. The number of hydrogen-bond acceptors (Lipinski definition) is 3. The van der Waals surface area contributed by atoms with Crippen LogP contribution in [-0.4, -0.2) is 19.6 Å². The quantitative estimate of drug-likeness (QED) is 0.760. The van der Waals surface area contributed by atoms with Gasteiger partial charge in [0, 0.05) is 5.39 Å². The number of nitrogens with zero attached hydrogens (tertiary/aromatic N) is 3. The van der Waals surface area contributed by atoms with Crippen LogP contribution in [0.25, 0.3) is 10.9 Å². The number of fused-ring (bicyclic) bond motifs is 1. The van der Waals surface area contributed by atoms with E-state index in [9.17, 15) is 5.11 Å². The van der Waals surface area contributed by atoms with Crippen LogP contribution in [0.1, 0.15) is 11.4 Å². The number of hydrogen-bond donors (Lipinski definition) is 1. The molecule has 0 bridgehead atoms. The van der Waals surface area contributed by atoms with Crippen LogP contribution < -0.4 is 0 Å². The molecular formula is C14H13N3O. The van der Waals surface area contributed by atoms with Gasteiger partial charge < -0.3 is 9.67 Å².